The van der Waals surface area contributed by atoms with Gasteiger partial charge in [0.25, 0.3) is 0 Å². The number of alkyl halides is 3. The van der Waals surface area contributed by atoms with Crippen LogP contribution >= 0.6 is 0 Å². The first-order valence-corrected chi connectivity index (χ1v) is 10.4. The van der Waals surface area contributed by atoms with Crippen molar-refractivity contribution in [2.24, 2.45) is 12.5 Å². The topological polar surface area (TPSA) is 67.2 Å². The molecule has 1 aromatic heterocycles. The van der Waals surface area contributed by atoms with Gasteiger partial charge in [-0.05, 0) is 29.9 Å². The number of nitrogens with one attached hydrogen (secondary N) is 1. The minimum absolute atomic E-state index is 0.00230. The fourth-order valence-corrected chi connectivity index (χ4v) is 5.08. The van der Waals surface area contributed by atoms with Crippen LogP contribution in [0.25, 0.3) is 0 Å². The van der Waals surface area contributed by atoms with Crippen LogP contribution in [-0.2, 0) is 16.6 Å². The Labute approximate surface area is 178 Å². The third kappa shape index (κ3) is 4.05. The third-order valence-corrected chi connectivity index (χ3v) is 6.75. The summed E-state index contributed by atoms with van der Waals surface area (Å²) in [4.78, 5) is 26.5. The second kappa shape index (κ2) is 8.01. The van der Waals surface area contributed by atoms with Gasteiger partial charge in [0.1, 0.15) is 0 Å². The number of nitrogens with zero attached hydrogens (tertiary/aromatic N) is 3. The van der Waals surface area contributed by atoms with Crippen molar-refractivity contribution in [1.29, 1.82) is 0 Å². The SMILES string of the molecule is Cn1nccc1C1CNC(=O)CC12CCN(C(=O)[C@H](c1ccccc1)C(F)(F)F)CC2. The summed E-state index contributed by atoms with van der Waals surface area (Å²) in [5.41, 5.74) is 0.537. The van der Waals surface area contributed by atoms with Gasteiger partial charge in [0, 0.05) is 50.9 Å². The highest BCUT2D eigenvalue weighted by Gasteiger charge is 2.51. The van der Waals surface area contributed by atoms with Crippen molar-refractivity contribution in [2.75, 3.05) is 19.6 Å². The standard InChI is InChI=1S/C22H25F3N4O2/c1-28-17(7-10-27-28)16-14-26-18(30)13-21(16)8-11-29(12-9-21)20(31)19(22(23,24)25)15-5-3-2-4-6-15/h2-7,10,16,19H,8-9,11-14H2,1H3,(H,26,30)/t16?,19-/m0/s1. The largest absolute Gasteiger partial charge is 0.404 e. The average Bonchev–Trinajstić information content (AvgIpc) is 3.14. The first-order valence-electron chi connectivity index (χ1n) is 10.4. The summed E-state index contributed by atoms with van der Waals surface area (Å²) in [5.74, 6) is -3.16. The van der Waals surface area contributed by atoms with Gasteiger partial charge in [-0.3, -0.25) is 14.3 Å². The van der Waals surface area contributed by atoms with E-state index in [4.69, 9.17) is 0 Å². The zero-order valence-electron chi connectivity index (χ0n) is 17.2. The molecule has 3 heterocycles. The van der Waals surface area contributed by atoms with Crippen LogP contribution in [-0.4, -0.2) is 52.3 Å². The fourth-order valence-electron chi connectivity index (χ4n) is 5.08. The van der Waals surface area contributed by atoms with Gasteiger partial charge in [-0.1, -0.05) is 30.3 Å². The van der Waals surface area contributed by atoms with Crippen molar-refractivity contribution >= 4 is 11.8 Å². The Morgan fingerprint density at radius 2 is 1.87 bits per heavy atom. The summed E-state index contributed by atoms with van der Waals surface area (Å²) in [5, 5.41) is 7.13. The van der Waals surface area contributed by atoms with E-state index >= 15 is 0 Å². The number of aromatic nitrogens is 2. The van der Waals surface area contributed by atoms with Crippen LogP contribution in [0.1, 0.15) is 42.4 Å². The van der Waals surface area contributed by atoms with Gasteiger partial charge in [0.15, 0.2) is 5.92 Å². The molecule has 6 nitrogen and oxygen atoms in total. The number of rotatable bonds is 3. The maximum atomic E-state index is 13.8. The molecule has 9 heteroatoms. The molecule has 0 aliphatic carbocycles. The second-order valence-electron chi connectivity index (χ2n) is 8.49. The van der Waals surface area contributed by atoms with Crippen LogP contribution in [0.2, 0.25) is 0 Å². The Balaban J connectivity index is 1.55. The van der Waals surface area contributed by atoms with Gasteiger partial charge in [-0.25, -0.2) is 0 Å². The zero-order valence-corrected chi connectivity index (χ0v) is 17.2. The van der Waals surface area contributed by atoms with E-state index in [1.165, 1.54) is 29.2 Å². The molecule has 1 N–H and O–H groups in total. The Hall–Kier alpha value is -2.84. The number of aryl methyl sites for hydroxylation is 1. The molecule has 2 saturated heterocycles. The summed E-state index contributed by atoms with van der Waals surface area (Å²) < 4.78 is 43.2. The van der Waals surface area contributed by atoms with E-state index in [1.54, 1.807) is 16.9 Å². The minimum atomic E-state index is -4.67. The Morgan fingerprint density at radius 1 is 1.19 bits per heavy atom. The normalized spacial score (nSPS) is 22.3. The number of hydrogen-bond donors (Lipinski definition) is 1. The molecule has 1 aromatic carbocycles. The molecule has 31 heavy (non-hydrogen) atoms. The predicted molar refractivity (Wildman–Crippen MR) is 107 cm³/mol. The first-order chi connectivity index (χ1) is 14.7. The highest BCUT2D eigenvalue weighted by atomic mass is 19.4. The number of hydrogen-bond acceptors (Lipinski definition) is 3. The lowest BCUT2D eigenvalue weighted by Gasteiger charge is -2.49. The summed E-state index contributed by atoms with van der Waals surface area (Å²) >= 11 is 0. The van der Waals surface area contributed by atoms with E-state index in [9.17, 15) is 22.8 Å². The lowest BCUT2D eigenvalue weighted by molar-refractivity contribution is -0.173. The van der Waals surface area contributed by atoms with Gasteiger partial charge >= 0.3 is 6.18 Å². The minimum Gasteiger partial charge on any atom is -0.355 e. The Kier molecular flexibility index (Phi) is 5.53. The lowest BCUT2D eigenvalue weighted by Crippen LogP contribution is -2.54. The molecule has 4 rings (SSSR count). The molecular formula is C22H25F3N4O2. The number of amides is 2. The van der Waals surface area contributed by atoms with Gasteiger partial charge in [-0.15, -0.1) is 0 Å². The molecule has 166 valence electrons. The molecule has 0 saturated carbocycles. The monoisotopic (exact) mass is 434 g/mol. The number of carbonyl (C=O) groups excluding carboxylic acids is 2. The van der Waals surface area contributed by atoms with Crippen LogP contribution in [0.4, 0.5) is 13.2 Å². The van der Waals surface area contributed by atoms with E-state index in [2.05, 4.69) is 10.4 Å². The predicted octanol–water partition coefficient (Wildman–Crippen LogP) is 2.98. The van der Waals surface area contributed by atoms with Crippen LogP contribution in [0, 0.1) is 5.41 Å². The van der Waals surface area contributed by atoms with Crippen molar-refractivity contribution in [2.45, 2.75) is 37.3 Å². The van der Waals surface area contributed by atoms with Crippen molar-refractivity contribution in [1.82, 2.24) is 20.0 Å². The quantitative estimate of drug-likeness (QED) is 0.808. The van der Waals surface area contributed by atoms with Crippen molar-refractivity contribution in [3.05, 3.63) is 53.9 Å². The van der Waals surface area contributed by atoms with Gasteiger partial charge in [0.05, 0.1) is 0 Å². The molecule has 2 amide bonds. The lowest BCUT2D eigenvalue weighted by atomic mass is 9.63. The number of likely N-dealkylation sites (tertiary alicyclic amines) is 1. The molecule has 0 bridgehead atoms. The third-order valence-electron chi connectivity index (χ3n) is 6.75. The fraction of sp³-hybridized carbons (Fsp3) is 0.500. The Bertz CT molecular complexity index is 949. The highest BCUT2D eigenvalue weighted by Crippen LogP contribution is 2.49. The molecular weight excluding hydrogens is 409 g/mol. The average molecular weight is 434 g/mol. The smallest absolute Gasteiger partial charge is 0.355 e. The van der Waals surface area contributed by atoms with Crippen LogP contribution in [0.15, 0.2) is 42.6 Å². The van der Waals surface area contributed by atoms with E-state index in [0.29, 0.717) is 25.8 Å². The van der Waals surface area contributed by atoms with Crippen molar-refractivity contribution in [3.63, 3.8) is 0 Å². The first kappa shape index (κ1) is 21.4. The molecule has 0 radical (unpaired) electrons. The maximum absolute atomic E-state index is 13.8. The molecule has 2 fully saturated rings. The molecule has 2 aliphatic heterocycles. The van der Waals surface area contributed by atoms with Gasteiger partial charge in [-0.2, -0.15) is 18.3 Å². The summed E-state index contributed by atoms with van der Waals surface area (Å²) in [6.07, 6.45) is -1.73. The number of halogens is 3. The molecule has 2 aliphatic rings. The van der Waals surface area contributed by atoms with E-state index in [-0.39, 0.29) is 30.5 Å². The van der Waals surface area contributed by atoms with Crippen molar-refractivity contribution in [3.8, 4) is 0 Å². The molecule has 2 atom stereocenters. The summed E-state index contributed by atoms with van der Waals surface area (Å²) in [6, 6.07) is 9.23. The van der Waals surface area contributed by atoms with Crippen LogP contribution in [0.3, 0.4) is 0 Å². The Morgan fingerprint density at radius 3 is 2.45 bits per heavy atom. The maximum Gasteiger partial charge on any atom is 0.404 e. The molecule has 1 spiro atoms. The highest BCUT2D eigenvalue weighted by molar-refractivity contribution is 5.85. The summed E-state index contributed by atoms with van der Waals surface area (Å²) in [6.45, 7) is 0.848. The van der Waals surface area contributed by atoms with E-state index < -0.39 is 23.4 Å². The molecule has 1 unspecified atom stereocenters. The number of benzene rings is 1. The van der Waals surface area contributed by atoms with Crippen LogP contribution < -0.4 is 5.32 Å². The molecule has 2 aromatic rings. The van der Waals surface area contributed by atoms with Crippen LogP contribution in [0.5, 0.6) is 0 Å². The van der Waals surface area contributed by atoms with Gasteiger partial charge < -0.3 is 10.2 Å². The second-order valence-corrected chi connectivity index (χ2v) is 8.49. The van der Waals surface area contributed by atoms with Gasteiger partial charge in [0.2, 0.25) is 11.8 Å². The summed E-state index contributed by atoms with van der Waals surface area (Å²) in [7, 11) is 1.84. The van der Waals surface area contributed by atoms with E-state index in [1.807, 2.05) is 13.1 Å². The van der Waals surface area contributed by atoms with Crippen molar-refractivity contribution < 1.29 is 22.8 Å². The van der Waals surface area contributed by atoms with E-state index in [0.717, 1.165) is 5.69 Å². The zero-order chi connectivity index (χ0) is 22.2. The number of carbonyl (C=O) groups is 2. The number of piperidine rings is 2.